The Balaban J connectivity index is 2.60. The molecule has 0 amide bonds. The predicted octanol–water partition coefficient (Wildman–Crippen LogP) is 1.57. The predicted molar refractivity (Wildman–Crippen MR) is 71.8 cm³/mol. The van der Waals surface area contributed by atoms with Gasteiger partial charge in [-0.15, -0.1) is 0 Å². The Morgan fingerprint density at radius 3 is 2.72 bits per heavy atom. The maximum Gasteiger partial charge on any atom is 0.119 e. The van der Waals surface area contributed by atoms with E-state index in [2.05, 4.69) is 5.32 Å². The van der Waals surface area contributed by atoms with E-state index < -0.39 is 0 Å². The van der Waals surface area contributed by atoms with E-state index in [9.17, 15) is 0 Å². The van der Waals surface area contributed by atoms with Gasteiger partial charge in [-0.05, 0) is 31.0 Å². The van der Waals surface area contributed by atoms with Crippen molar-refractivity contribution in [1.29, 1.82) is 0 Å². The van der Waals surface area contributed by atoms with E-state index in [1.54, 1.807) is 14.2 Å². The van der Waals surface area contributed by atoms with Gasteiger partial charge in [0.15, 0.2) is 0 Å². The molecule has 0 saturated carbocycles. The Morgan fingerprint density at radius 2 is 2.11 bits per heavy atom. The summed E-state index contributed by atoms with van der Waals surface area (Å²) >= 11 is 0. The van der Waals surface area contributed by atoms with E-state index in [1.807, 2.05) is 31.2 Å². The number of methoxy groups -OCH3 is 2. The summed E-state index contributed by atoms with van der Waals surface area (Å²) in [5, 5.41) is 12.5. The first kappa shape index (κ1) is 15.0. The molecular weight excluding hydrogens is 230 g/mol. The second kappa shape index (κ2) is 7.36. The lowest BCUT2D eigenvalue weighted by Gasteiger charge is -2.29. The highest BCUT2D eigenvalue weighted by atomic mass is 16.5. The third-order valence-corrected chi connectivity index (χ3v) is 2.98. The number of hydrogen-bond acceptors (Lipinski definition) is 4. The Kier molecular flexibility index (Phi) is 6.12. The van der Waals surface area contributed by atoms with Crippen molar-refractivity contribution in [2.24, 2.45) is 0 Å². The van der Waals surface area contributed by atoms with Crippen LogP contribution in [0.15, 0.2) is 24.3 Å². The number of nitrogens with one attached hydrogen (secondary N) is 1. The van der Waals surface area contributed by atoms with Crippen molar-refractivity contribution >= 4 is 0 Å². The van der Waals surface area contributed by atoms with Gasteiger partial charge >= 0.3 is 0 Å². The number of rotatable bonds is 8. The zero-order valence-corrected chi connectivity index (χ0v) is 11.4. The molecule has 0 aromatic heterocycles. The summed E-state index contributed by atoms with van der Waals surface area (Å²) in [5.41, 5.74) is 0.932. The van der Waals surface area contributed by atoms with E-state index in [1.165, 1.54) is 0 Å². The third kappa shape index (κ3) is 4.64. The monoisotopic (exact) mass is 253 g/mol. The van der Waals surface area contributed by atoms with Gasteiger partial charge in [-0.2, -0.15) is 0 Å². The van der Waals surface area contributed by atoms with Gasteiger partial charge in [0.1, 0.15) is 5.75 Å². The van der Waals surface area contributed by atoms with Gasteiger partial charge < -0.3 is 19.9 Å². The molecule has 0 saturated heterocycles. The minimum absolute atomic E-state index is 0.144. The maximum absolute atomic E-state index is 9.09. The molecule has 1 aromatic rings. The van der Waals surface area contributed by atoms with Crippen LogP contribution < -0.4 is 10.1 Å². The second-order valence-corrected chi connectivity index (χ2v) is 4.67. The summed E-state index contributed by atoms with van der Waals surface area (Å²) in [6, 6.07) is 7.93. The fraction of sp³-hybridized carbons (Fsp3) is 0.571. The van der Waals surface area contributed by atoms with Crippen LogP contribution in [0, 0.1) is 0 Å². The highest BCUT2D eigenvalue weighted by molar-refractivity contribution is 5.28. The molecule has 4 heteroatoms. The summed E-state index contributed by atoms with van der Waals surface area (Å²) in [6.45, 7) is 3.48. The number of benzene rings is 1. The van der Waals surface area contributed by atoms with Crippen LogP contribution in [0.25, 0.3) is 0 Å². The molecule has 1 unspecified atom stereocenters. The quantitative estimate of drug-likeness (QED) is 0.738. The zero-order chi connectivity index (χ0) is 13.4. The van der Waals surface area contributed by atoms with Crippen molar-refractivity contribution in [3.63, 3.8) is 0 Å². The molecule has 1 rings (SSSR count). The Bertz CT molecular complexity index is 349. The van der Waals surface area contributed by atoms with Crippen LogP contribution >= 0.6 is 0 Å². The molecular formula is C14H23NO3. The van der Waals surface area contributed by atoms with Crippen molar-refractivity contribution < 1.29 is 14.6 Å². The van der Waals surface area contributed by atoms with E-state index in [0.717, 1.165) is 17.9 Å². The largest absolute Gasteiger partial charge is 0.497 e. The lowest BCUT2D eigenvalue weighted by atomic mass is 9.99. The van der Waals surface area contributed by atoms with Crippen molar-refractivity contribution in [2.75, 3.05) is 27.4 Å². The molecule has 0 aliphatic carbocycles. The van der Waals surface area contributed by atoms with Crippen LogP contribution in [0.4, 0.5) is 0 Å². The number of aliphatic hydroxyl groups is 1. The normalized spacial score (nSPS) is 14.2. The summed E-state index contributed by atoms with van der Waals surface area (Å²) < 4.78 is 10.4. The first-order valence-corrected chi connectivity index (χ1v) is 6.11. The lowest BCUT2D eigenvalue weighted by molar-refractivity contribution is 0.0969. The Morgan fingerprint density at radius 1 is 1.33 bits per heavy atom. The summed E-state index contributed by atoms with van der Waals surface area (Å²) in [5.74, 6) is 0.852. The second-order valence-electron chi connectivity index (χ2n) is 4.67. The summed E-state index contributed by atoms with van der Waals surface area (Å²) in [6.07, 6.45) is 0.658. The average molecular weight is 253 g/mol. The Labute approximate surface area is 109 Å². The number of ether oxygens (including phenoxy) is 2. The molecule has 4 nitrogen and oxygen atoms in total. The molecule has 0 aliphatic heterocycles. The molecule has 2 N–H and O–H groups in total. The fourth-order valence-corrected chi connectivity index (χ4v) is 1.87. The van der Waals surface area contributed by atoms with Gasteiger partial charge in [-0.1, -0.05) is 12.1 Å². The van der Waals surface area contributed by atoms with Crippen LogP contribution in [0.3, 0.4) is 0 Å². The maximum atomic E-state index is 9.09. The summed E-state index contributed by atoms with van der Waals surface area (Å²) in [7, 11) is 3.33. The molecule has 0 fully saturated rings. The van der Waals surface area contributed by atoms with Crippen molar-refractivity contribution in [2.45, 2.75) is 25.4 Å². The average Bonchev–Trinajstić information content (AvgIpc) is 2.37. The smallest absolute Gasteiger partial charge is 0.119 e. The number of aliphatic hydroxyl groups excluding tert-OH is 1. The van der Waals surface area contributed by atoms with Crippen molar-refractivity contribution in [1.82, 2.24) is 5.32 Å². The third-order valence-electron chi connectivity index (χ3n) is 2.98. The summed E-state index contributed by atoms with van der Waals surface area (Å²) in [4.78, 5) is 0. The molecule has 1 atom stereocenters. The SMILES string of the molecule is COCC(C)(CCO)NCc1cccc(OC)c1. The van der Waals surface area contributed by atoms with Crippen molar-refractivity contribution in [3.05, 3.63) is 29.8 Å². The Hall–Kier alpha value is -1.10. The molecule has 0 heterocycles. The van der Waals surface area contributed by atoms with Gasteiger partial charge in [-0.25, -0.2) is 0 Å². The van der Waals surface area contributed by atoms with Crippen LogP contribution in [0.1, 0.15) is 18.9 Å². The molecule has 1 aromatic carbocycles. The molecule has 102 valence electrons. The van der Waals surface area contributed by atoms with E-state index >= 15 is 0 Å². The minimum Gasteiger partial charge on any atom is -0.497 e. The first-order valence-electron chi connectivity index (χ1n) is 6.11. The molecule has 0 aliphatic rings. The topological polar surface area (TPSA) is 50.7 Å². The lowest BCUT2D eigenvalue weighted by Crippen LogP contribution is -2.46. The van der Waals surface area contributed by atoms with Gasteiger partial charge in [0, 0.05) is 25.8 Å². The standard InChI is InChI=1S/C14H23NO3/c1-14(7-8-16,11-17-2)15-10-12-5-4-6-13(9-12)18-3/h4-6,9,15-16H,7-8,10-11H2,1-3H3. The van der Waals surface area contributed by atoms with Gasteiger partial charge in [0.05, 0.1) is 13.7 Å². The highest BCUT2D eigenvalue weighted by Gasteiger charge is 2.22. The molecule has 0 bridgehead atoms. The van der Waals surface area contributed by atoms with Crippen LogP contribution in [-0.4, -0.2) is 38.1 Å². The van der Waals surface area contributed by atoms with E-state index in [-0.39, 0.29) is 12.1 Å². The molecule has 0 radical (unpaired) electrons. The van der Waals surface area contributed by atoms with Gasteiger partial charge in [0.2, 0.25) is 0 Å². The van der Waals surface area contributed by atoms with Crippen molar-refractivity contribution in [3.8, 4) is 5.75 Å². The minimum atomic E-state index is -0.216. The van der Waals surface area contributed by atoms with Crippen LogP contribution in [-0.2, 0) is 11.3 Å². The zero-order valence-electron chi connectivity index (χ0n) is 11.4. The molecule has 0 spiro atoms. The highest BCUT2D eigenvalue weighted by Crippen LogP contribution is 2.15. The van der Waals surface area contributed by atoms with Gasteiger partial charge in [0.25, 0.3) is 0 Å². The fourth-order valence-electron chi connectivity index (χ4n) is 1.87. The number of hydrogen-bond donors (Lipinski definition) is 2. The van der Waals surface area contributed by atoms with Crippen LogP contribution in [0.2, 0.25) is 0 Å². The van der Waals surface area contributed by atoms with Gasteiger partial charge in [-0.3, -0.25) is 0 Å². The van der Waals surface area contributed by atoms with E-state index in [4.69, 9.17) is 14.6 Å². The van der Waals surface area contributed by atoms with Crippen LogP contribution in [0.5, 0.6) is 5.75 Å². The molecule has 18 heavy (non-hydrogen) atoms. The van der Waals surface area contributed by atoms with E-state index in [0.29, 0.717) is 13.0 Å². The first-order chi connectivity index (χ1) is 8.63.